The van der Waals surface area contributed by atoms with Crippen molar-refractivity contribution in [2.24, 2.45) is 5.10 Å². The van der Waals surface area contributed by atoms with Crippen molar-refractivity contribution in [3.05, 3.63) is 71.3 Å². The Labute approximate surface area is 125 Å². The summed E-state index contributed by atoms with van der Waals surface area (Å²) in [6.07, 6.45) is 1.76. The van der Waals surface area contributed by atoms with Crippen molar-refractivity contribution in [2.75, 3.05) is 0 Å². The number of carbonyl (C=O) groups is 1. The zero-order valence-corrected chi connectivity index (χ0v) is 12.5. The van der Waals surface area contributed by atoms with Gasteiger partial charge < -0.3 is 0 Å². The Hall–Kier alpha value is -2.42. The maximum Gasteiger partial charge on any atom is 0.271 e. The minimum atomic E-state index is -0.160. The summed E-state index contributed by atoms with van der Waals surface area (Å²) in [5, 5.41) is 4.17. The highest BCUT2D eigenvalue weighted by atomic mass is 16.2. The number of hydrazone groups is 1. The molecule has 0 saturated carbocycles. The lowest BCUT2D eigenvalue weighted by Gasteiger charge is -2.05. The van der Waals surface area contributed by atoms with Crippen LogP contribution >= 0.6 is 0 Å². The Morgan fingerprint density at radius 3 is 2.43 bits per heavy atom. The largest absolute Gasteiger partial charge is 0.271 e. The van der Waals surface area contributed by atoms with E-state index < -0.39 is 0 Å². The molecule has 0 unspecified atom stereocenters. The van der Waals surface area contributed by atoms with Crippen molar-refractivity contribution < 1.29 is 4.79 Å². The Morgan fingerprint density at radius 1 is 1.05 bits per heavy atom. The molecule has 0 radical (unpaired) electrons. The van der Waals surface area contributed by atoms with Crippen LogP contribution in [0.2, 0.25) is 0 Å². The van der Waals surface area contributed by atoms with Gasteiger partial charge in [-0.1, -0.05) is 48.5 Å². The quantitative estimate of drug-likeness (QED) is 0.658. The highest BCUT2D eigenvalue weighted by molar-refractivity contribution is 5.96. The van der Waals surface area contributed by atoms with Crippen molar-refractivity contribution in [3.8, 4) is 0 Å². The molecule has 0 saturated heterocycles. The van der Waals surface area contributed by atoms with E-state index in [1.54, 1.807) is 6.07 Å². The standard InChI is InChI=1S/C18H20N2O/c1-14-8-6-7-11-17(14)18(21)20-19-15(2)12-13-16-9-4-3-5-10-16/h3-11H,12-13H2,1-2H3,(H,20,21)/b19-15-. The summed E-state index contributed by atoms with van der Waals surface area (Å²) in [7, 11) is 0. The topological polar surface area (TPSA) is 41.5 Å². The van der Waals surface area contributed by atoms with Gasteiger partial charge in [-0.3, -0.25) is 4.79 Å². The zero-order chi connectivity index (χ0) is 15.1. The molecule has 1 amide bonds. The summed E-state index contributed by atoms with van der Waals surface area (Å²) in [6.45, 7) is 3.85. The Kier molecular flexibility index (Phi) is 5.27. The second kappa shape index (κ2) is 7.39. The Morgan fingerprint density at radius 2 is 1.71 bits per heavy atom. The van der Waals surface area contributed by atoms with Gasteiger partial charge in [0.1, 0.15) is 0 Å². The van der Waals surface area contributed by atoms with Crippen LogP contribution in [0.4, 0.5) is 0 Å². The van der Waals surface area contributed by atoms with E-state index in [1.807, 2.05) is 50.2 Å². The average molecular weight is 280 g/mol. The lowest BCUT2D eigenvalue weighted by atomic mass is 10.1. The molecule has 108 valence electrons. The molecule has 2 aromatic rings. The Balaban J connectivity index is 1.89. The predicted molar refractivity (Wildman–Crippen MR) is 86.5 cm³/mol. The third-order valence-corrected chi connectivity index (χ3v) is 3.36. The number of aryl methyl sites for hydroxylation is 2. The lowest BCUT2D eigenvalue weighted by Crippen LogP contribution is -2.20. The number of benzene rings is 2. The molecular formula is C18H20N2O. The molecule has 3 nitrogen and oxygen atoms in total. The fraction of sp³-hybridized carbons (Fsp3) is 0.222. The van der Waals surface area contributed by atoms with Crippen molar-refractivity contribution in [1.82, 2.24) is 5.43 Å². The van der Waals surface area contributed by atoms with Crippen LogP contribution in [-0.4, -0.2) is 11.6 Å². The molecule has 0 aliphatic rings. The molecule has 0 aromatic heterocycles. The van der Waals surface area contributed by atoms with Gasteiger partial charge in [-0.25, -0.2) is 5.43 Å². The summed E-state index contributed by atoms with van der Waals surface area (Å²) in [6, 6.07) is 17.8. The third kappa shape index (κ3) is 4.56. The number of hydrogen-bond donors (Lipinski definition) is 1. The maximum absolute atomic E-state index is 12.0. The summed E-state index contributed by atoms with van der Waals surface area (Å²) in [5.41, 5.74) is 6.43. The fourth-order valence-electron chi connectivity index (χ4n) is 2.06. The summed E-state index contributed by atoms with van der Waals surface area (Å²) >= 11 is 0. The van der Waals surface area contributed by atoms with Crippen LogP contribution in [0.25, 0.3) is 0 Å². The van der Waals surface area contributed by atoms with E-state index in [4.69, 9.17) is 0 Å². The van der Waals surface area contributed by atoms with Crippen LogP contribution < -0.4 is 5.43 Å². The van der Waals surface area contributed by atoms with Crippen molar-refractivity contribution in [1.29, 1.82) is 0 Å². The van der Waals surface area contributed by atoms with Crippen LogP contribution in [0.1, 0.15) is 34.8 Å². The van der Waals surface area contributed by atoms with E-state index in [0.717, 1.165) is 24.1 Å². The molecule has 3 heteroatoms. The van der Waals surface area contributed by atoms with E-state index in [9.17, 15) is 4.79 Å². The van der Waals surface area contributed by atoms with Crippen LogP contribution in [0.5, 0.6) is 0 Å². The first-order chi connectivity index (χ1) is 10.2. The third-order valence-electron chi connectivity index (χ3n) is 3.36. The van der Waals surface area contributed by atoms with Gasteiger partial charge in [0.25, 0.3) is 5.91 Å². The summed E-state index contributed by atoms with van der Waals surface area (Å²) in [5.74, 6) is -0.160. The van der Waals surface area contributed by atoms with E-state index >= 15 is 0 Å². The molecule has 0 spiro atoms. The minimum Gasteiger partial charge on any atom is -0.267 e. The molecule has 0 atom stereocenters. The molecule has 2 rings (SSSR count). The second-order valence-electron chi connectivity index (χ2n) is 5.09. The SMILES string of the molecule is C/C(CCc1ccccc1)=N/NC(=O)c1ccccc1C. The molecule has 0 bridgehead atoms. The van der Waals surface area contributed by atoms with Crippen LogP contribution in [0.3, 0.4) is 0 Å². The smallest absolute Gasteiger partial charge is 0.267 e. The molecule has 0 heterocycles. The van der Waals surface area contributed by atoms with E-state index in [2.05, 4.69) is 22.7 Å². The van der Waals surface area contributed by atoms with Gasteiger partial charge in [-0.05, 0) is 43.9 Å². The maximum atomic E-state index is 12.0. The number of carbonyl (C=O) groups excluding carboxylic acids is 1. The molecule has 0 fully saturated rings. The number of rotatable bonds is 5. The summed E-state index contributed by atoms with van der Waals surface area (Å²) in [4.78, 5) is 12.0. The molecule has 1 N–H and O–H groups in total. The van der Waals surface area contributed by atoms with Gasteiger partial charge in [0.05, 0.1) is 0 Å². The molecule has 0 aliphatic heterocycles. The summed E-state index contributed by atoms with van der Waals surface area (Å²) < 4.78 is 0. The van der Waals surface area contributed by atoms with Gasteiger partial charge in [0.15, 0.2) is 0 Å². The van der Waals surface area contributed by atoms with Crippen LogP contribution in [0, 0.1) is 6.92 Å². The lowest BCUT2D eigenvalue weighted by molar-refractivity contribution is 0.0954. The van der Waals surface area contributed by atoms with Gasteiger partial charge in [-0.15, -0.1) is 0 Å². The molecule has 0 aliphatic carbocycles. The van der Waals surface area contributed by atoms with Crippen molar-refractivity contribution >= 4 is 11.6 Å². The Bertz CT molecular complexity index is 633. The van der Waals surface area contributed by atoms with Gasteiger partial charge >= 0.3 is 0 Å². The normalized spacial score (nSPS) is 11.2. The zero-order valence-electron chi connectivity index (χ0n) is 12.5. The van der Waals surface area contributed by atoms with Gasteiger partial charge in [0.2, 0.25) is 0 Å². The highest BCUT2D eigenvalue weighted by Gasteiger charge is 2.06. The predicted octanol–water partition coefficient (Wildman–Crippen LogP) is 3.73. The number of nitrogens with zero attached hydrogens (tertiary/aromatic N) is 1. The fourth-order valence-corrected chi connectivity index (χ4v) is 2.06. The number of hydrogen-bond acceptors (Lipinski definition) is 2. The number of nitrogens with one attached hydrogen (secondary N) is 1. The first kappa shape index (κ1) is 15.0. The molecule has 2 aromatic carbocycles. The van der Waals surface area contributed by atoms with Crippen molar-refractivity contribution in [3.63, 3.8) is 0 Å². The van der Waals surface area contributed by atoms with Crippen LogP contribution in [-0.2, 0) is 6.42 Å². The van der Waals surface area contributed by atoms with E-state index in [1.165, 1.54) is 5.56 Å². The van der Waals surface area contributed by atoms with E-state index in [0.29, 0.717) is 5.56 Å². The van der Waals surface area contributed by atoms with Crippen molar-refractivity contribution in [2.45, 2.75) is 26.7 Å². The van der Waals surface area contributed by atoms with Gasteiger partial charge in [0, 0.05) is 11.3 Å². The first-order valence-electron chi connectivity index (χ1n) is 7.10. The average Bonchev–Trinajstić information content (AvgIpc) is 2.52. The number of amides is 1. The molecular weight excluding hydrogens is 260 g/mol. The van der Waals surface area contributed by atoms with Crippen LogP contribution in [0.15, 0.2) is 59.7 Å². The minimum absolute atomic E-state index is 0.160. The first-order valence-corrected chi connectivity index (χ1v) is 7.10. The second-order valence-corrected chi connectivity index (χ2v) is 5.09. The monoisotopic (exact) mass is 280 g/mol. The van der Waals surface area contributed by atoms with E-state index in [-0.39, 0.29) is 5.91 Å². The highest BCUT2D eigenvalue weighted by Crippen LogP contribution is 2.07. The molecule has 21 heavy (non-hydrogen) atoms. The van der Waals surface area contributed by atoms with Gasteiger partial charge in [-0.2, -0.15) is 5.10 Å².